The highest BCUT2D eigenvalue weighted by Gasteiger charge is 2.26. The molecule has 1 aliphatic rings. The summed E-state index contributed by atoms with van der Waals surface area (Å²) in [6.07, 6.45) is 2.40. The molecule has 0 saturated carbocycles. The van der Waals surface area contributed by atoms with Gasteiger partial charge in [0.1, 0.15) is 6.10 Å². The average molecular weight is 261 g/mol. The van der Waals surface area contributed by atoms with Gasteiger partial charge in [0.15, 0.2) is 0 Å². The Morgan fingerprint density at radius 2 is 2.05 bits per heavy atom. The topological polar surface area (TPSA) is 73.2 Å². The number of imidazole rings is 1. The van der Waals surface area contributed by atoms with Crippen molar-refractivity contribution in [2.24, 2.45) is 0 Å². The Morgan fingerprint density at radius 3 is 2.79 bits per heavy atom. The van der Waals surface area contributed by atoms with Gasteiger partial charge in [-0.1, -0.05) is 0 Å². The molecule has 3 N–H and O–H groups in total. The van der Waals surface area contributed by atoms with Crippen molar-refractivity contribution in [1.82, 2.24) is 9.97 Å². The third-order valence-corrected chi connectivity index (χ3v) is 3.42. The van der Waals surface area contributed by atoms with Gasteiger partial charge in [0.25, 0.3) is 6.01 Å². The molecule has 19 heavy (non-hydrogen) atoms. The van der Waals surface area contributed by atoms with Crippen molar-refractivity contribution in [3.63, 3.8) is 0 Å². The zero-order valence-electron chi connectivity index (χ0n) is 11.2. The molecule has 0 radical (unpaired) electrons. The average Bonchev–Trinajstić information content (AvgIpc) is 2.68. The van der Waals surface area contributed by atoms with E-state index in [1.54, 1.807) is 0 Å². The smallest absolute Gasteiger partial charge is 0.294 e. The number of nitrogens with one attached hydrogen (secondary N) is 1. The van der Waals surface area contributed by atoms with Crippen molar-refractivity contribution in [2.75, 3.05) is 5.73 Å². The fourth-order valence-corrected chi connectivity index (χ4v) is 2.66. The van der Waals surface area contributed by atoms with Crippen LogP contribution in [-0.4, -0.2) is 28.3 Å². The summed E-state index contributed by atoms with van der Waals surface area (Å²) in [7, 11) is 0. The van der Waals surface area contributed by atoms with Crippen LogP contribution in [0.1, 0.15) is 26.7 Å². The van der Waals surface area contributed by atoms with Gasteiger partial charge in [-0.15, -0.1) is 0 Å². The second kappa shape index (κ2) is 4.74. The molecule has 3 rings (SSSR count). The Labute approximate surface area is 112 Å². The van der Waals surface area contributed by atoms with Crippen LogP contribution >= 0.6 is 0 Å². The summed E-state index contributed by atoms with van der Waals surface area (Å²) in [5, 5.41) is 0. The van der Waals surface area contributed by atoms with E-state index in [1.165, 1.54) is 0 Å². The summed E-state index contributed by atoms with van der Waals surface area (Å²) in [6, 6.07) is 6.16. The van der Waals surface area contributed by atoms with Gasteiger partial charge in [-0.25, -0.2) is 0 Å². The summed E-state index contributed by atoms with van der Waals surface area (Å²) in [4.78, 5) is 7.58. The summed E-state index contributed by atoms with van der Waals surface area (Å²) < 4.78 is 11.6. The van der Waals surface area contributed by atoms with E-state index < -0.39 is 0 Å². The number of fused-ring (bicyclic) bond motifs is 1. The van der Waals surface area contributed by atoms with Gasteiger partial charge in [0, 0.05) is 18.5 Å². The number of nitrogens with zero attached hydrogens (tertiary/aromatic N) is 1. The number of hydrogen-bond acceptors (Lipinski definition) is 4. The van der Waals surface area contributed by atoms with Crippen LogP contribution in [0.25, 0.3) is 11.0 Å². The predicted octanol–water partition coefficient (Wildman–Crippen LogP) is 2.48. The van der Waals surface area contributed by atoms with Gasteiger partial charge in [-0.3, -0.25) is 0 Å². The molecular formula is C14H19N3O2. The Balaban J connectivity index is 1.77. The molecule has 2 aromatic rings. The Bertz CT molecular complexity index is 571. The summed E-state index contributed by atoms with van der Waals surface area (Å²) in [5.41, 5.74) is 8.25. The number of nitrogen functional groups attached to an aromatic ring is 1. The van der Waals surface area contributed by atoms with Crippen LogP contribution in [0.5, 0.6) is 6.01 Å². The van der Waals surface area contributed by atoms with E-state index in [2.05, 4.69) is 23.8 Å². The van der Waals surface area contributed by atoms with E-state index in [0.717, 1.165) is 29.6 Å². The normalized spacial score (nSPS) is 27.6. The van der Waals surface area contributed by atoms with Crippen molar-refractivity contribution in [3.05, 3.63) is 18.2 Å². The molecule has 2 unspecified atom stereocenters. The quantitative estimate of drug-likeness (QED) is 0.814. The Morgan fingerprint density at radius 1 is 1.32 bits per heavy atom. The fourth-order valence-electron chi connectivity index (χ4n) is 2.66. The lowest BCUT2D eigenvalue weighted by Gasteiger charge is -2.31. The van der Waals surface area contributed by atoms with Crippen LogP contribution in [0, 0.1) is 0 Å². The molecule has 102 valence electrons. The zero-order valence-corrected chi connectivity index (χ0v) is 11.2. The standard InChI is InChI=1S/C14H19N3O2/c1-8-5-11(6-9(2)18-8)19-14-16-12-4-3-10(15)7-13(12)17-14/h3-4,7-9,11H,5-6,15H2,1-2H3,(H,16,17). The summed E-state index contributed by atoms with van der Waals surface area (Å²) in [6.45, 7) is 4.15. The number of benzene rings is 1. The molecule has 0 amide bonds. The highest BCUT2D eigenvalue weighted by molar-refractivity contribution is 5.79. The molecule has 2 heterocycles. The monoisotopic (exact) mass is 261 g/mol. The van der Waals surface area contributed by atoms with Crippen LogP contribution < -0.4 is 10.5 Å². The van der Waals surface area contributed by atoms with Crippen LogP contribution in [0.3, 0.4) is 0 Å². The lowest BCUT2D eigenvalue weighted by Crippen LogP contribution is -2.35. The zero-order chi connectivity index (χ0) is 13.4. The molecule has 2 atom stereocenters. The van der Waals surface area contributed by atoms with E-state index in [1.807, 2.05) is 18.2 Å². The number of nitrogens with two attached hydrogens (primary N) is 1. The van der Waals surface area contributed by atoms with Gasteiger partial charge >= 0.3 is 0 Å². The molecule has 1 aromatic heterocycles. The fraction of sp³-hybridized carbons (Fsp3) is 0.500. The maximum Gasteiger partial charge on any atom is 0.294 e. The van der Waals surface area contributed by atoms with Crippen LogP contribution in [0.4, 0.5) is 5.69 Å². The maximum absolute atomic E-state index is 5.93. The number of anilines is 1. The van der Waals surface area contributed by atoms with Gasteiger partial charge in [0.2, 0.25) is 0 Å². The minimum atomic E-state index is 0.150. The molecule has 0 spiro atoms. The largest absolute Gasteiger partial charge is 0.461 e. The van der Waals surface area contributed by atoms with Gasteiger partial charge in [-0.05, 0) is 32.0 Å². The first kappa shape index (κ1) is 12.3. The highest BCUT2D eigenvalue weighted by atomic mass is 16.5. The van der Waals surface area contributed by atoms with Crippen molar-refractivity contribution >= 4 is 16.7 Å². The van der Waals surface area contributed by atoms with Crippen molar-refractivity contribution in [1.29, 1.82) is 0 Å². The molecule has 0 bridgehead atoms. The molecule has 5 nitrogen and oxygen atoms in total. The van der Waals surface area contributed by atoms with Crippen molar-refractivity contribution < 1.29 is 9.47 Å². The lowest BCUT2D eigenvalue weighted by molar-refractivity contribution is -0.0736. The van der Waals surface area contributed by atoms with E-state index >= 15 is 0 Å². The number of hydrogen-bond donors (Lipinski definition) is 2. The first-order chi connectivity index (χ1) is 9.10. The SMILES string of the molecule is CC1CC(Oc2nc3ccc(N)cc3[nH]2)CC(C)O1. The summed E-state index contributed by atoms with van der Waals surface area (Å²) in [5.74, 6) is 0. The van der Waals surface area contributed by atoms with E-state index in [0.29, 0.717) is 6.01 Å². The van der Waals surface area contributed by atoms with Gasteiger partial charge in [-0.2, -0.15) is 4.98 Å². The molecule has 1 aromatic carbocycles. The third-order valence-electron chi connectivity index (χ3n) is 3.42. The number of ether oxygens (including phenoxy) is 2. The first-order valence-electron chi connectivity index (χ1n) is 6.67. The predicted molar refractivity (Wildman–Crippen MR) is 74.2 cm³/mol. The third kappa shape index (κ3) is 2.66. The van der Waals surface area contributed by atoms with Gasteiger partial charge < -0.3 is 20.2 Å². The minimum Gasteiger partial charge on any atom is -0.461 e. The minimum absolute atomic E-state index is 0.150. The molecule has 1 saturated heterocycles. The number of H-pyrrole nitrogens is 1. The summed E-state index contributed by atoms with van der Waals surface area (Å²) >= 11 is 0. The van der Waals surface area contributed by atoms with Crippen LogP contribution in [0.15, 0.2) is 18.2 Å². The molecule has 1 aliphatic heterocycles. The Kier molecular flexibility index (Phi) is 3.06. The second-order valence-corrected chi connectivity index (χ2v) is 5.29. The number of rotatable bonds is 2. The van der Waals surface area contributed by atoms with E-state index in [4.69, 9.17) is 15.2 Å². The van der Waals surface area contributed by atoms with Gasteiger partial charge in [0.05, 0.1) is 23.2 Å². The molecule has 1 fully saturated rings. The molecule has 0 aliphatic carbocycles. The highest BCUT2D eigenvalue weighted by Crippen LogP contribution is 2.24. The van der Waals surface area contributed by atoms with Crippen LogP contribution in [0.2, 0.25) is 0 Å². The van der Waals surface area contributed by atoms with Crippen molar-refractivity contribution in [2.45, 2.75) is 45.0 Å². The van der Waals surface area contributed by atoms with Crippen molar-refractivity contribution in [3.8, 4) is 6.01 Å². The second-order valence-electron chi connectivity index (χ2n) is 5.29. The first-order valence-corrected chi connectivity index (χ1v) is 6.67. The lowest BCUT2D eigenvalue weighted by atomic mass is 10.0. The van der Waals surface area contributed by atoms with E-state index in [9.17, 15) is 0 Å². The molecule has 5 heteroatoms. The number of aromatic nitrogens is 2. The Hall–Kier alpha value is -1.75. The number of aromatic amines is 1. The van der Waals surface area contributed by atoms with E-state index in [-0.39, 0.29) is 18.3 Å². The van der Waals surface area contributed by atoms with Crippen LogP contribution in [-0.2, 0) is 4.74 Å². The molecular weight excluding hydrogens is 242 g/mol. The maximum atomic E-state index is 5.93.